The van der Waals surface area contributed by atoms with Gasteiger partial charge in [0.25, 0.3) is 5.91 Å². The molecule has 3 aromatic carbocycles. The SMILES string of the molecule is O=C(NCc1ccccc1-c1ccc(Cn2cccn2)cc1)c1cccc(F)c1. The molecule has 0 saturated heterocycles. The van der Waals surface area contributed by atoms with E-state index in [1.165, 1.54) is 18.2 Å². The van der Waals surface area contributed by atoms with Gasteiger partial charge < -0.3 is 5.32 Å². The summed E-state index contributed by atoms with van der Waals surface area (Å²) in [7, 11) is 0. The molecule has 0 spiro atoms. The molecule has 0 aliphatic rings. The van der Waals surface area contributed by atoms with Gasteiger partial charge in [0, 0.05) is 24.5 Å². The maximum Gasteiger partial charge on any atom is 0.251 e. The molecule has 0 saturated carbocycles. The van der Waals surface area contributed by atoms with Crippen LogP contribution in [0.1, 0.15) is 21.5 Å². The van der Waals surface area contributed by atoms with Crippen molar-refractivity contribution in [3.63, 3.8) is 0 Å². The van der Waals surface area contributed by atoms with Crippen LogP contribution in [0.2, 0.25) is 0 Å². The maximum absolute atomic E-state index is 13.3. The molecule has 144 valence electrons. The van der Waals surface area contributed by atoms with Crippen molar-refractivity contribution in [1.82, 2.24) is 15.1 Å². The highest BCUT2D eigenvalue weighted by atomic mass is 19.1. The second kappa shape index (κ2) is 8.52. The zero-order valence-electron chi connectivity index (χ0n) is 15.8. The number of aromatic nitrogens is 2. The van der Waals surface area contributed by atoms with E-state index in [1.54, 1.807) is 12.3 Å². The maximum atomic E-state index is 13.3. The summed E-state index contributed by atoms with van der Waals surface area (Å²) in [5.41, 5.74) is 4.60. The van der Waals surface area contributed by atoms with E-state index >= 15 is 0 Å². The van der Waals surface area contributed by atoms with Crippen molar-refractivity contribution < 1.29 is 9.18 Å². The second-order valence-electron chi connectivity index (χ2n) is 6.75. The fourth-order valence-corrected chi connectivity index (χ4v) is 3.23. The molecular formula is C24H20FN3O. The minimum Gasteiger partial charge on any atom is -0.348 e. The van der Waals surface area contributed by atoms with Gasteiger partial charge in [0.2, 0.25) is 0 Å². The summed E-state index contributed by atoms with van der Waals surface area (Å²) < 4.78 is 15.2. The Hall–Kier alpha value is -3.73. The van der Waals surface area contributed by atoms with Gasteiger partial charge >= 0.3 is 0 Å². The molecule has 0 aliphatic carbocycles. The monoisotopic (exact) mass is 385 g/mol. The number of benzene rings is 3. The Morgan fingerprint density at radius 2 is 1.79 bits per heavy atom. The average Bonchev–Trinajstić information content (AvgIpc) is 3.26. The lowest BCUT2D eigenvalue weighted by Crippen LogP contribution is -2.23. The predicted molar refractivity (Wildman–Crippen MR) is 111 cm³/mol. The third-order valence-corrected chi connectivity index (χ3v) is 4.71. The number of carbonyl (C=O) groups is 1. The van der Waals surface area contributed by atoms with Crippen molar-refractivity contribution in [3.05, 3.63) is 114 Å². The van der Waals surface area contributed by atoms with Crippen molar-refractivity contribution in [1.29, 1.82) is 0 Å². The summed E-state index contributed by atoms with van der Waals surface area (Å²) in [4.78, 5) is 12.3. The van der Waals surface area contributed by atoms with Gasteiger partial charge in [0.15, 0.2) is 0 Å². The van der Waals surface area contributed by atoms with Gasteiger partial charge in [-0.25, -0.2) is 4.39 Å². The van der Waals surface area contributed by atoms with Crippen LogP contribution < -0.4 is 5.32 Å². The molecule has 29 heavy (non-hydrogen) atoms. The third kappa shape index (κ3) is 4.58. The van der Waals surface area contributed by atoms with Crippen molar-refractivity contribution in [3.8, 4) is 11.1 Å². The van der Waals surface area contributed by atoms with Gasteiger partial charge in [-0.15, -0.1) is 0 Å². The van der Waals surface area contributed by atoms with E-state index < -0.39 is 5.82 Å². The number of rotatable bonds is 6. The minimum absolute atomic E-state index is 0.297. The van der Waals surface area contributed by atoms with Crippen LogP contribution in [-0.2, 0) is 13.1 Å². The molecule has 1 heterocycles. The van der Waals surface area contributed by atoms with Gasteiger partial charge in [-0.3, -0.25) is 9.48 Å². The molecule has 0 atom stereocenters. The number of hydrogen-bond donors (Lipinski definition) is 1. The Morgan fingerprint density at radius 3 is 2.55 bits per heavy atom. The molecule has 0 aliphatic heterocycles. The average molecular weight is 385 g/mol. The Labute approximate surface area is 168 Å². The number of nitrogens with zero attached hydrogens (tertiary/aromatic N) is 2. The lowest BCUT2D eigenvalue weighted by atomic mass is 9.98. The van der Waals surface area contributed by atoms with Crippen LogP contribution in [-0.4, -0.2) is 15.7 Å². The molecule has 0 unspecified atom stereocenters. The zero-order valence-corrected chi connectivity index (χ0v) is 15.8. The fourth-order valence-electron chi connectivity index (χ4n) is 3.23. The van der Waals surface area contributed by atoms with Crippen molar-refractivity contribution in [2.75, 3.05) is 0 Å². The molecule has 4 aromatic rings. The fraction of sp³-hybridized carbons (Fsp3) is 0.0833. The summed E-state index contributed by atoms with van der Waals surface area (Å²) >= 11 is 0. The Morgan fingerprint density at radius 1 is 0.966 bits per heavy atom. The normalized spacial score (nSPS) is 10.7. The van der Waals surface area contributed by atoms with Crippen LogP contribution in [0.3, 0.4) is 0 Å². The molecule has 1 aromatic heterocycles. The van der Waals surface area contributed by atoms with Gasteiger partial charge in [0.05, 0.1) is 6.54 Å². The topological polar surface area (TPSA) is 46.9 Å². The molecule has 0 radical (unpaired) electrons. The van der Waals surface area contributed by atoms with E-state index in [9.17, 15) is 9.18 Å². The van der Waals surface area contributed by atoms with Crippen LogP contribution in [0.4, 0.5) is 4.39 Å². The first-order valence-electron chi connectivity index (χ1n) is 9.37. The molecule has 4 rings (SSSR count). The molecule has 4 nitrogen and oxygen atoms in total. The summed E-state index contributed by atoms with van der Waals surface area (Å²) in [6.45, 7) is 1.08. The molecule has 1 N–H and O–H groups in total. The van der Waals surface area contributed by atoms with Crippen molar-refractivity contribution in [2.24, 2.45) is 0 Å². The van der Waals surface area contributed by atoms with Crippen molar-refractivity contribution in [2.45, 2.75) is 13.1 Å². The van der Waals surface area contributed by atoms with E-state index in [0.29, 0.717) is 12.1 Å². The molecular weight excluding hydrogens is 365 g/mol. The molecule has 5 heteroatoms. The highest BCUT2D eigenvalue weighted by Crippen LogP contribution is 2.24. The number of hydrogen-bond acceptors (Lipinski definition) is 2. The Bertz CT molecular complexity index is 1110. The number of amides is 1. The summed E-state index contributed by atoms with van der Waals surface area (Å²) in [5, 5.41) is 7.11. The van der Waals surface area contributed by atoms with Crippen LogP contribution >= 0.6 is 0 Å². The Kier molecular flexibility index (Phi) is 5.47. The summed E-state index contributed by atoms with van der Waals surface area (Å²) in [5.74, 6) is -0.720. The minimum atomic E-state index is -0.423. The number of halogens is 1. The number of nitrogens with one attached hydrogen (secondary N) is 1. The lowest BCUT2D eigenvalue weighted by Gasteiger charge is -2.12. The van der Waals surface area contributed by atoms with Crippen LogP contribution in [0.5, 0.6) is 0 Å². The van der Waals surface area contributed by atoms with Crippen molar-refractivity contribution >= 4 is 5.91 Å². The smallest absolute Gasteiger partial charge is 0.251 e. The summed E-state index contributed by atoms with van der Waals surface area (Å²) in [6.07, 6.45) is 3.70. The Balaban J connectivity index is 1.48. The van der Waals surface area contributed by atoms with E-state index in [1.807, 2.05) is 41.2 Å². The zero-order chi connectivity index (χ0) is 20.1. The largest absolute Gasteiger partial charge is 0.348 e. The standard InChI is InChI=1S/C24H20FN3O/c25-22-7-3-6-20(15-22)24(29)26-16-21-5-1-2-8-23(21)19-11-9-18(10-12-19)17-28-14-4-13-27-28/h1-15H,16-17H2,(H,26,29). The second-order valence-corrected chi connectivity index (χ2v) is 6.75. The molecule has 0 bridgehead atoms. The number of carbonyl (C=O) groups excluding carboxylic acids is 1. The van der Waals surface area contributed by atoms with Crippen LogP contribution in [0, 0.1) is 5.82 Å². The van der Waals surface area contributed by atoms with E-state index in [4.69, 9.17) is 0 Å². The van der Waals surface area contributed by atoms with Gasteiger partial charge in [-0.1, -0.05) is 54.6 Å². The van der Waals surface area contributed by atoms with Gasteiger partial charge in [0.1, 0.15) is 5.82 Å². The lowest BCUT2D eigenvalue weighted by molar-refractivity contribution is 0.0950. The van der Waals surface area contributed by atoms with E-state index in [2.05, 4.69) is 34.7 Å². The first-order chi connectivity index (χ1) is 14.2. The first kappa shape index (κ1) is 18.6. The van der Waals surface area contributed by atoms with E-state index in [0.717, 1.165) is 28.8 Å². The quantitative estimate of drug-likeness (QED) is 0.524. The van der Waals surface area contributed by atoms with Crippen LogP contribution in [0.25, 0.3) is 11.1 Å². The first-order valence-corrected chi connectivity index (χ1v) is 9.37. The predicted octanol–water partition coefficient (Wildman–Crippen LogP) is 4.67. The third-order valence-electron chi connectivity index (χ3n) is 4.71. The van der Waals surface area contributed by atoms with Gasteiger partial charge in [-0.05, 0) is 46.5 Å². The highest BCUT2D eigenvalue weighted by Gasteiger charge is 2.09. The molecule has 1 amide bonds. The molecule has 0 fully saturated rings. The van der Waals surface area contributed by atoms with Gasteiger partial charge in [-0.2, -0.15) is 5.10 Å². The van der Waals surface area contributed by atoms with Crippen LogP contribution in [0.15, 0.2) is 91.3 Å². The summed E-state index contributed by atoms with van der Waals surface area (Å²) in [6, 6.07) is 23.8. The van der Waals surface area contributed by atoms with E-state index in [-0.39, 0.29) is 5.91 Å². The highest BCUT2D eigenvalue weighted by molar-refractivity contribution is 5.94.